The summed E-state index contributed by atoms with van der Waals surface area (Å²) in [7, 11) is 0. The van der Waals surface area contributed by atoms with Crippen molar-refractivity contribution in [2.45, 2.75) is 69.7 Å². The fourth-order valence-corrected chi connectivity index (χ4v) is 5.58. The minimum Gasteiger partial charge on any atom is -0.493 e. The van der Waals surface area contributed by atoms with Gasteiger partial charge in [0.1, 0.15) is 5.75 Å². The van der Waals surface area contributed by atoms with Crippen molar-refractivity contribution in [2.24, 2.45) is 0 Å². The van der Waals surface area contributed by atoms with E-state index in [1.165, 1.54) is 10.8 Å². The maximum Gasteiger partial charge on any atom is 0.418 e. The van der Waals surface area contributed by atoms with Crippen LogP contribution in [0.1, 0.15) is 60.3 Å². The first-order valence-electron chi connectivity index (χ1n) is 12.2. The van der Waals surface area contributed by atoms with Gasteiger partial charge in [-0.05, 0) is 60.6 Å². The van der Waals surface area contributed by atoms with Gasteiger partial charge in [-0.3, -0.25) is 9.78 Å². The highest BCUT2D eigenvalue weighted by molar-refractivity contribution is 5.98. The number of aliphatic hydroxyl groups is 1. The molecular formula is C28H29F3N2O3. The van der Waals surface area contributed by atoms with E-state index in [0.717, 1.165) is 16.8 Å². The molecule has 1 aliphatic heterocycles. The molecule has 0 radical (unpaired) electrons. The van der Waals surface area contributed by atoms with Crippen molar-refractivity contribution in [1.29, 1.82) is 0 Å². The van der Waals surface area contributed by atoms with Crippen LogP contribution in [0.25, 0.3) is 11.3 Å². The predicted molar refractivity (Wildman–Crippen MR) is 129 cm³/mol. The molecule has 1 atom stereocenters. The van der Waals surface area contributed by atoms with E-state index in [4.69, 9.17) is 4.74 Å². The molecule has 8 heteroatoms. The molecule has 36 heavy (non-hydrogen) atoms. The highest BCUT2D eigenvalue weighted by Crippen LogP contribution is 2.47. The fourth-order valence-electron chi connectivity index (χ4n) is 5.58. The molecule has 5 nitrogen and oxygen atoms in total. The van der Waals surface area contributed by atoms with Gasteiger partial charge < -0.3 is 14.4 Å². The number of carbonyl (C=O) groups excluding carboxylic acids is 1. The summed E-state index contributed by atoms with van der Waals surface area (Å²) in [5.41, 5.74) is -0.0221. The van der Waals surface area contributed by atoms with Crippen molar-refractivity contribution in [3.05, 3.63) is 71.2 Å². The maximum absolute atomic E-state index is 14.5. The van der Waals surface area contributed by atoms with Gasteiger partial charge in [0, 0.05) is 47.6 Å². The molecule has 1 aromatic carbocycles. The number of aromatic nitrogens is 2. The summed E-state index contributed by atoms with van der Waals surface area (Å²) in [5, 5.41) is 11.2. The number of hydrogen-bond acceptors (Lipinski definition) is 4. The van der Waals surface area contributed by atoms with Crippen LogP contribution in [0.4, 0.5) is 13.2 Å². The van der Waals surface area contributed by atoms with Crippen molar-refractivity contribution in [3.63, 3.8) is 0 Å². The van der Waals surface area contributed by atoms with Gasteiger partial charge in [-0.25, -0.2) is 0 Å². The number of pyridine rings is 1. The van der Waals surface area contributed by atoms with Crippen LogP contribution in [-0.2, 0) is 24.8 Å². The Morgan fingerprint density at radius 2 is 1.92 bits per heavy atom. The summed E-state index contributed by atoms with van der Waals surface area (Å²) >= 11 is 0. The monoisotopic (exact) mass is 498 g/mol. The van der Waals surface area contributed by atoms with E-state index in [-0.39, 0.29) is 5.78 Å². The number of benzene rings is 1. The topological polar surface area (TPSA) is 64.4 Å². The van der Waals surface area contributed by atoms with Crippen molar-refractivity contribution in [2.75, 3.05) is 6.61 Å². The molecule has 3 aromatic rings. The first-order valence-corrected chi connectivity index (χ1v) is 12.2. The van der Waals surface area contributed by atoms with Crippen molar-refractivity contribution in [3.8, 4) is 17.0 Å². The summed E-state index contributed by atoms with van der Waals surface area (Å²) in [6.07, 6.45) is -0.143. The van der Waals surface area contributed by atoms with Gasteiger partial charge >= 0.3 is 6.18 Å². The summed E-state index contributed by atoms with van der Waals surface area (Å²) in [6.45, 7) is 3.19. The van der Waals surface area contributed by atoms with Gasteiger partial charge in [-0.1, -0.05) is 19.9 Å². The van der Waals surface area contributed by atoms with Crippen molar-refractivity contribution in [1.82, 2.24) is 9.55 Å². The second-order valence-corrected chi connectivity index (χ2v) is 10.5. The van der Waals surface area contributed by atoms with Crippen molar-refractivity contribution < 1.29 is 27.8 Å². The van der Waals surface area contributed by atoms with Gasteiger partial charge in [0.05, 0.1) is 18.8 Å². The Hall–Kier alpha value is -3.13. The second-order valence-electron chi connectivity index (χ2n) is 10.5. The number of fused-ring (bicyclic) bond motifs is 2. The van der Waals surface area contributed by atoms with Gasteiger partial charge in [-0.2, -0.15) is 13.2 Å². The van der Waals surface area contributed by atoms with E-state index in [1.54, 1.807) is 26.1 Å². The molecular weight excluding hydrogens is 469 g/mol. The molecule has 0 saturated heterocycles. The molecule has 0 spiro atoms. The fraction of sp³-hybridized carbons (Fsp3) is 0.429. The van der Waals surface area contributed by atoms with Crippen LogP contribution in [0.15, 0.2) is 48.8 Å². The molecule has 0 fully saturated rings. The third kappa shape index (κ3) is 4.32. The van der Waals surface area contributed by atoms with E-state index >= 15 is 0 Å². The first-order chi connectivity index (χ1) is 17.0. The van der Waals surface area contributed by atoms with Crippen LogP contribution < -0.4 is 4.74 Å². The van der Waals surface area contributed by atoms with Gasteiger partial charge in [0.25, 0.3) is 0 Å². The van der Waals surface area contributed by atoms with E-state index in [9.17, 15) is 23.1 Å². The number of nitrogens with zero attached hydrogens (tertiary/aromatic N) is 2. The molecule has 1 N–H and O–H groups in total. The van der Waals surface area contributed by atoms with Gasteiger partial charge in [0.2, 0.25) is 0 Å². The number of Topliss-reactive ketones (excluding diaryl/α,β-unsaturated/α-hetero) is 1. The van der Waals surface area contributed by atoms with Crippen LogP contribution in [-0.4, -0.2) is 38.8 Å². The van der Waals surface area contributed by atoms with Crippen LogP contribution in [0.5, 0.6) is 5.75 Å². The Kier molecular flexibility index (Phi) is 5.98. The first kappa shape index (κ1) is 24.6. The lowest BCUT2D eigenvalue weighted by Gasteiger charge is -2.39. The summed E-state index contributed by atoms with van der Waals surface area (Å²) in [4.78, 5) is 16.6. The Morgan fingerprint density at radius 3 is 2.64 bits per heavy atom. The number of rotatable bonds is 6. The molecule has 0 amide bonds. The number of alkyl halides is 3. The quantitative estimate of drug-likeness (QED) is 0.476. The van der Waals surface area contributed by atoms with Crippen molar-refractivity contribution >= 4 is 5.78 Å². The van der Waals surface area contributed by atoms with E-state index in [1.807, 2.05) is 30.3 Å². The smallest absolute Gasteiger partial charge is 0.418 e. The molecule has 1 unspecified atom stereocenters. The Morgan fingerprint density at radius 1 is 1.11 bits per heavy atom. The molecule has 2 aliphatic rings. The summed E-state index contributed by atoms with van der Waals surface area (Å²) in [6, 6.07) is 10.9. The standard InChI is InChI=1S/C28H29F3N2O3/c1-26(2,21-15-19(22-6-3-4-11-32-22)14-18-10-13-36-25(18)21)16-27(35,28(29,30)31)17-33-12-9-20-23(33)7-5-8-24(20)34/h3-4,6,9,11-12,14-15,35H,5,7-8,10,13,16-17H2,1-2H3. The van der Waals surface area contributed by atoms with Crippen LogP contribution >= 0.6 is 0 Å². The summed E-state index contributed by atoms with van der Waals surface area (Å²) in [5.74, 6) is 0.526. The highest BCUT2D eigenvalue weighted by Gasteiger charge is 2.56. The lowest BCUT2D eigenvalue weighted by atomic mass is 9.73. The molecule has 190 valence electrons. The average molecular weight is 499 g/mol. The lowest BCUT2D eigenvalue weighted by molar-refractivity contribution is -0.271. The number of halogens is 3. The zero-order valence-electron chi connectivity index (χ0n) is 20.4. The van der Waals surface area contributed by atoms with Crippen LogP contribution in [0.2, 0.25) is 0 Å². The maximum atomic E-state index is 14.5. The number of ether oxygens (including phenoxy) is 1. The van der Waals surface area contributed by atoms with E-state index in [0.29, 0.717) is 54.9 Å². The third-order valence-electron chi connectivity index (χ3n) is 7.36. The van der Waals surface area contributed by atoms with E-state index < -0.39 is 30.2 Å². The summed E-state index contributed by atoms with van der Waals surface area (Å²) < 4.78 is 50.8. The van der Waals surface area contributed by atoms with Crippen LogP contribution in [0.3, 0.4) is 0 Å². The Labute approximate surface area is 207 Å². The Balaban J connectivity index is 1.54. The minimum absolute atomic E-state index is 0.0649. The molecule has 2 aromatic heterocycles. The van der Waals surface area contributed by atoms with Gasteiger partial charge in [-0.15, -0.1) is 0 Å². The molecule has 0 bridgehead atoms. The largest absolute Gasteiger partial charge is 0.493 e. The normalized spacial score (nSPS) is 17.3. The highest BCUT2D eigenvalue weighted by atomic mass is 19.4. The SMILES string of the molecule is CC(C)(CC(O)(Cn1ccc2c1CCCC2=O)C(F)(F)F)c1cc(-c2ccccn2)cc2c1OCC2. The minimum atomic E-state index is -4.89. The Bertz CT molecular complexity index is 1300. The number of carbonyl (C=O) groups is 1. The molecule has 3 heterocycles. The molecule has 1 aliphatic carbocycles. The zero-order chi connectivity index (χ0) is 25.7. The van der Waals surface area contributed by atoms with Crippen LogP contribution in [0, 0.1) is 0 Å². The molecule has 5 rings (SSSR count). The molecule has 0 saturated carbocycles. The second kappa shape index (κ2) is 8.76. The lowest BCUT2D eigenvalue weighted by Crippen LogP contribution is -2.52. The third-order valence-corrected chi connectivity index (χ3v) is 7.36. The average Bonchev–Trinajstić information content (AvgIpc) is 3.46. The zero-order valence-corrected chi connectivity index (χ0v) is 20.4. The van der Waals surface area contributed by atoms with Gasteiger partial charge in [0.15, 0.2) is 11.4 Å². The number of hydrogen-bond donors (Lipinski definition) is 1. The predicted octanol–water partition coefficient (Wildman–Crippen LogP) is 5.67. The number of ketones is 1. The van der Waals surface area contributed by atoms with E-state index in [2.05, 4.69) is 4.98 Å².